The maximum Gasteiger partial charge on any atom is 0.194 e. The van der Waals surface area contributed by atoms with E-state index in [1.54, 1.807) is 0 Å². The fraction of sp³-hybridized carbons (Fsp3) is 0.111. The average Bonchev–Trinajstić information content (AvgIpc) is 2.30. The first-order valence-corrected chi connectivity index (χ1v) is 3.52. The lowest BCUT2D eigenvalue weighted by atomic mass is 10.2. The van der Waals surface area contributed by atoms with Crippen molar-refractivity contribution < 1.29 is 4.42 Å². The van der Waals surface area contributed by atoms with Gasteiger partial charge in [0.1, 0.15) is 5.58 Å². The second-order valence-corrected chi connectivity index (χ2v) is 2.59. The van der Waals surface area contributed by atoms with E-state index in [9.17, 15) is 0 Å². The van der Waals surface area contributed by atoms with E-state index in [2.05, 4.69) is 0 Å². The van der Waals surface area contributed by atoms with Crippen molar-refractivity contribution in [1.29, 1.82) is 0 Å². The SMILES string of the molecule is Cc1c(N)oc2ccccc12.Cl.Cl.Cl. The number of aryl methyl sites for hydroxylation is 1. The molecule has 0 fully saturated rings. The summed E-state index contributed by atoms with van der Waals surface area (Å²) in [4.78, 5) is 0. The van der Waals surface area contributed by atoms with Crippen molar-refractivity contribution in [3.63, 3.8) is 0 Å². The van der Waals surface area contributed by atoms with Crippen LogP contribution in [0.15, 0.2) is 28.7 Å². The van der Waals surface area contributed by atoms with Crippen LogP contribution in [0.3, 0.4) is 0 Å². The van der Waals surface area contributed by atoms with Crippen molar-refractivity contribution in [2.75, 3.05) is 5.73 Å². The third-order valence-electron chi connectivity index (χ3n) is 1.88. The van der Waals surface area contributed by atoms with Gasteiger partial charge in [-0.25, -0.2) is 0 Å². The normalized spacial score (nSPS) is 8.36. The molecule has 0 radical (unpaired) electrons. The van der Waals surface area contributed by atoms with E-state index in [-0.39, 0.29) is 37.2 Å². The van der Waals surface area contributed by atoms with Crippen molar-refractivity contribution in [3.05, 3.63) is 29.8 Å². The molecule has 5 heteroatoms. The summed E-state index contributed by atoms with van der Waals surface area (Å²) in [6.07, 6.45) is 0. The summed E-state index contributed by atoms with van der Waals surface area (Å²) in [5.74, 6) is 0.520. The number of nitrogen functional groups attached to an aromatic ring is 1. The largest absolute Gasteiger partial charge is 0.441 e. The van der Waals surface area contributed by atoms with Gasteiger partial charge in [-0.1, -0.05) is 18.2 Å². The summed E-state index contributed by atoms with van der Waals surface area (Å²) in [7, 11) is 0. The van der Waals surface area contributed by atoms with E-state index < -0.39 is 0 Å². The Bertz CT molecular complexity index is 400. The molecule has 0 aliphatic heterocycles. The summed E-state index contributed by atoms with van der Waals surface area (Å²) < 4.78 is 5.28. The van der Waals surface area contributed by atoms with Gasteiger partial charge >= 0.3 is 0 Å². The average molecular weight is 257 g/mol. The number of hydrogen-bond donors (Lipinski definition) is 1. The quantitative estimate of drug-likeness (QED) is 0.782. The Morgan fingerprint density at radius 1 is 1.07 bits per heavy atom. The Balaban J connectivity index is 0. The Kier molecular flexibility index (Phi) is 6.82. The fourth-order valence-electron chi connectivity index (χ4n) is 1.19. The molecule has 0 saturated heterocycles. The molecule has 2 N–H and O–H groups in total. The van der Waals surface area contributed by atoms with Gasteiger partial charge in [-0.3, -0.25) is 0 Å². The third-order valence-corrected chi connectivity index (χ3v) is 1.88. The highest BCUT2D eigenvalue weighted by Crippen LogP contribution is 2.25. The molecule has 0 aliphatic carbocycles. The van der Waals surface area contributed by atoms with E-state index in [0.717, 1.165) is 16.5 Å². The number of nitrogens with two attached hydrogens (primary N) is 1. The molecule has 80 valence electrons. The molecule has 0 saturated carbocycles. The monoisotopic (exact) mass is 255 g/mol. The smallest absolute Gasteiger partial charge is 0.194 e. The molecule has 0 aliphatic rings. The molecule has 1 aromatic heterocycles. The first kappa shape index (κ1) is 15.9. The van der Waals surface area contributed by atoms with E-state index in [4.69, 9.17) is 10.2 Å². The van der Waals surface area contributed by atoms with Crippen molar-refractivity contribution in [3.8, 4) is 0 Å². The zero-order chi connectivity index (χ0) is 7.84. The lowest BCUT2D eigenvalue weighted by Gasteiger charge is -1.85. The standard InChI is InChI=1S/C9H9NO.3ClH/c1-6-7-4-2-3-5-8(7)11-9(6)10;;;/h2-5H,10H2,1H3;3*1H. The first-order chi connectivity index (χ1) is 5.29. The molecular formula is C9H12Cl3NO. The lowest BCUT2D eigenvalue weighted by molar-refractivity contribution is 0.635. The lowest BCUT2D eigenvalue weighted by Crippen LogP contribution is -1.81. The summed E-state index contributed by atoms with van der Waals surface area (Å²) in [6.45, 7) is 1.96. The number of rotatable bonds is 0. The molecule has 0 unspecified atom stereocenters. The van der Waals surface area contributed by atoms with Crippen LogP contribution in [0, 0.1) is 6.92 Å². The van der Waals surface area contributed by atoms with Crippen LogP contribution in [-0.4, -0.2) is 0 Å². The highest BCUT2D eigenvalue weighted by Gasteiger charge is 2.04. The molecule has 1 aromatic carbocycles. The fourth-order valence-corrected chi connectivity index (χ4v) is 1.19. The Labute approximate surface area is 101 Å². The first-order valence-electron chi connectivity index (χ1n) is 3.52. The summed E-state index contributed by atoms with van der Waals surface area (Å²) in [5, 5.41) is 1.10. The minimum Gasteiger partial charge on any atom is -0.441 e. The van der Waals surface area contributed by atoms with Crippen LogP contribution in [0.1, 0.15) is 5.56 Å². The van der Waals surface area contributed by atoms with Gasteiger partial charge in [0.15, 0.2) is 5.88 Å². The van der Waals surface area contributed by atoms with Gasteiger partial charge in [-0.2, -0.15) is 0 Å². The number of hydrogen-bond acceptors (Lipinski definition) is 2. The minimum atomic E-state index is 0. The molecule has 0 spiro atoms. The van der Waals surface area contributed by atoms with Gasteiger partial charge in [-0.05, 0) is 13.0 Å². The number of halogens is 3. The Hall–Kier alpha value is -0.570. The Morgan fingerprint density at radius 3 is 2.21 bits per heavy atom. The number of para-hydroxylation sites is 1. The molecular weight excluding hydrogens is 244 g/mol. The zero-order valence-corrected chi connectivity index (χ0v) is 9.97. The maximum absolute atomic E-state index is 5.59. The number of benzene rings is 1. The van der Waals surface area contributed by atoms with Gasteiger partial charge in [0.05, 0.1) is 0 Å². The molecule has 0 amide bonds. The molecule has 1 heterocycles. The van der Waals surface area contributed by atoms with Gasteiger partial charge in [-0.15, -0.1) is 37.2 Å². The highest BCUT2D eigenvalue weighted by molar-refractivity contribution is 5.86. The van der Waals surface area contributed by atoms with E-state index in [1.807, 2.05) is 31.2 Å². The van der Waals surface area contributed by atoms with Gasteiger partial charge < -0.3 is 10.2 Å². The molecule has 0 atom stereocenters. The van der Waals surface area contributed by atoms with Crippen molar-refractivity contribution in [1.82, 2.24) is 0 Å². The second-order valence-electron chi connectivity index (χ2n) is 2.59. The van der Waals surface area contributed by atoms with E-state index in [0.29, 0.717) is 5.88 Å². The van der Waals surface area contributed by atoms with E-state index >= 15 is 0 Å². The molecule has 2 rings (SSSR count). The van der Waals surface area contributed by atoms with Crippen molar-refractivity contribution in [2.45, 2.75) is 6.92 Å². The van der Waals surface area contributed by atoms with Crippen LogP contribution >= 0.6 is 37.2 Å². The van der Waals surface area contributed by atoms with Crippen LogP contribution in [0.4, 0.5) is 5.88 Å². The summed E-state index contributed by atoms with van der Waals surface area (Å²) in [5.41, 5.74) is 7.48. The number of fused-ring (bicyclic) bond motifs is 1. The Morgan fingerprint density at radius 2 is 1.64 bits per heavy atom. The summed E-state index contributed by atoms with van der Waals surface area (Å²) in [6, 6.07) is 7.83. The van der Waals surface area contributed by atoms with Crippen LogP contribution in [0.2, 0.25) is 0 Å². The maximum atomic E-state index is 5.59. The van der Waals surface area contributed by atoms with Gasteiger partial charge in [0.2, 0.25) is 0 Å². The van der Waals surface area contributed by atoms with Crippen LogP contribution in [0.25, 0.3) is 11.0 Å². The van der Waals surface area contributed by atoms with Gasteiger partial charge in [0, 0.05) is 10.9 Å². The van der Waals surface area contributed by atoms with Crippen LogP contribution in [-0.2, 0) is 0 Å². The molecule has 2 aromatic rings. The van der Waals surface area contributed by atoms with Gasteiger partial charge in [0.25, 0.3) is 0 Å². The third kappa shape index (κ3) is 2.47. The van der Waals surface area contributed by atoms with Crippen molar-refractivity contribution >= 4 is 54.1 Å². The topological polar surface area (TPSA) is 39.2 Å². The molecule has 0 bridgehead atoms. The predicted molar refractivity (Wildman–Crippen MR) is 67.1 cm³/mol. The number of anilines is 1. The van der Waals surface area contributed by atoms with Crippen LogP contribution < -0.4 is 5.73 Å². The highest BCUT2D eigenvalue weighted by atomic mass is 35.5. The van der Waals surface area contributed by atoms with Crippen LogP contribution in [0.5, 0.6) is 0 Å². The zero-order valence-electron chi connectivity index (χ0n) is 7.52. The molecule has 14 heavy (non-hydrogen) atoms. The second kappa shape index (κ2) is 6.02. The van der Waals surface area contributed by atoms with Crippen molar-refractivity contribution in [2.24, 2.45) is 0 Å². The predicted octanol–water partition coefficient (Wildman–Crippen LogP) is 3.59. The number of furan rings is 1. The minimum absolute atomic E-state index is 0. The van der Waals surface area contributed by atoms with E-state index in [1.165, 1.54) is 0 Å². The molecule has 2 nitrogen and oxygen atoms in total. The summed E-state index contributed by atoms with van der Waals surface area (Å²) >= 11 is 0.